The molecule has 25 heavy (non-hydrogen) atoms. The number of hydrogen-bond donors (Lipinski definition) is 0. The van der Waals surface area contributed by atoms with Crippen LogP contribution in [0.3, 0.4) is 0 Å². The van der Waals surface area contributed by atoms with Crippen LogP contribution in [0, 0.1) is 6.92 Å². The van der Waals surface area contributed by atoms with Gasteiger partial charge in [0, 0.05) is 18.7 Å². The molecule has 2 heterocycles. The van der Waals surface area contributed by atoms with Crippen LogP contribution in [0.5, 0.6) is 0 Å². The first-order valence-corrected chi connectivity index (χ1v) is 9.20. The molecule has 7 nitrogen and oxygen atoms in total. The Kier molecular flexibility index (Phi) is 5.60. The first kappa shape index (κ1) is 17.3. The lowest BCUT2D eigenvalue weighted by Crippen LogP contribution is -2.05. The van der Waals surface area contributed by atoms with Crippen molar-refractivity contribution in [1.82, 2.24) is 35.0 Å². The van der Waals surface area contributed by atoms with Crippen molar-refractivity contribution in [2.24, 2.45) is 0 Å². The van der Waals surface area contributed by atoms with Gasteiger partial charge < -0.3 is 0 Å². The van der Waals surface area contributed by atoms with Gasteiger partial charge in [-0.05, 0) is 29.8 Å². The summed E-state index contributed by atoms with van der Waals surface area (Å²) in [4.78, 5) is 0. The van der Waals surface area contributed by atoms with Gasteiger partial charge in [0.1, 0.15) is 0 Å². The highest BCUT2D eigenvalue weighted by Gasteiger charge is 2.15. The maximum absolute atomic E-state index is 4.39. The molecule has 0 bridgehead atoms. The van der Waals surface area contributed by atoms with E-state index in [0.29, 0.717) is 12.3 Å². The van der Waals surface area contributed by atoms with Gasteiger partial charge in [0.15, 0.2) is 16.8 Å². The average Bonchev–Trinajstić information content (AvgIpc) is 3.21. The second-order valence-corrected chi connectivity index (χ2v) is 6.62. The largest absolute Gasteiger partial charge is 0.298 e. The smallest absolute Gasteiger partial charge is 0.192 e. The summed E-state index contributed by atoms with van der Waals surface area (Å²) in [5, 5.41) is 21.5. The third kappa shape index (κ3) is 3.96. The minimum absolute atomic E-state index is 0.649. The van der Waals surface area contributed by atoms with Crippen LogP contribution in [0.15, 0.2) is 42.1 Å². The lowest BCUT2D eigenvalue weighted by molar-refractivity contribution is 0.564. The van der Waals surface area contributed by atoms with Crippen LogP contribution in [0.25, 0.3) is 11.4 Å². The van der Waals surface area contributed by atoms with Gasteiger partial charge >= 0.3 is 0 Å². The maximum atomic E-state index is 4.39. The molecule has 1 aromatic carbocycles. The molecule has 0 unspecified atom stereocenters. The van der Waals surface area contributed by atoms with Crippen molar-refractivity contribution in [3.63, 3.8) is 0 Å². The minimum atomic E-state index is 0.649. The van der Waals surface area contributed by atoms with E-state index >= 15 is 0 Å². The highest BCUT2D eigenvalue weighted by atomic mass is 32.2. The van der Waals surface area contributed by atoms with Gasteiger partial charge in [0.05, 0.1) is 5.75 Å². The number of benzene rings is 1. The van der Waals surface area contributed by atoms with E-state index in [1.165, 1.54) is 5.56 Å². The topological polar surface area (TPSA) is 74.3 Å². The molecule has 0 atom stereocenters. The minimum Gasteiger partial charge on any atom is -0.298 e. The van der Waals surface area contributed by atoms with E-state index in [0.717, 1.165) is 35.3 Å². The molecule has 0 fully saturated rings. The predicted molar refractivity (Wildman–Crippen MR) is 98.1 cm³/mol. The molecule has 0 N–H and O–H groups in total. The normalized spacial score (nSPS) is 11.0. The molecule has 3 rings (SSSR count). The van der Waals surface area contributed by atoms with Crippen molar-refractivity contribution in [3.8, 4) is 11.4 Å². The molecule has 0 aliphatic rings. The standard InChI is InChI=1S/C17H21N7S/c1-4-9-23-16(14-8-6-7-13(3)11-14)19-20-17(23)25-12-15-18-21-22-24(15)10-5-2/h4,6-8,11H,1,5,9-10,12H2,2-3H3. The predicted octanol–water partition coefficient (Wildman–Crippen LogP) is 3.13. The fourth-order valence-corrected chi connectivity index (χ4v) is 3.41. The van der Waals surface area contributed by atoms with E-state index in [1.807, 2.05) is 22.9 Å². The van der Waals surface area contributed by atoms with Gasteiger partial charge in [-0.15, -0.1) is 21.9 Å². The quantitative estimate of drug-likeness (QED) is 0.456. The van der Waals surface area contributed by atoms with Crippen molar-refractivity contribution in [1.29, 1.82) is 0 Å². The van der Waals surface area contributed by atoms with Gasteiger partial charge in [-0.1, -0.05) is 48.5 Å². The van der Waals surface area contributed by atoms with Gasteiger partial charge in [-0.2, -0.15) is 0 Å². The maximum Gasteiger partial charge on any atom is 0.192 e. The zero-order valence-electron chi connectivity index (χ0n) is 14.5. The second kappa shape index (κ2) is 8.06. The highest BCUT2D eigenvalue weighted by Crippen LogP contribution is 2.26. The number of tetrazole rings is 1. The van der Waals surface area contributed by atoms with Crippen LogP contribution in [-0.2, 0) is 18.8 Å². The molecular weight excluding hydrogens is 334 g/mol. The van der Waals surface area contributed by atoms with E-state index in [-0.39, 0.29) is 0 Å². The Labute approximate surface area is 151 Å². The van der Waals surface area contributed by atoms with E-state index in [1.54, 1.807) is 11.8 Å². The molecule has 0 aliphatic heterocycles. The molecule has 2 aromatic heterocycles. The van der Waals surface area contributed by atoms with Crippen molar-refractivity contribution >= 4 is 11.8 Å². The van der Waals surface area contributed by atoms with Gasteiger partial charge in [-0.3, -0.25) is 4.57 Å². The zero-order chi connectivity index (χ0) is 17.6. The molecule has 0 amide bonds. The van der Waals surface area contributed by atoms with Gasteiger partial charge in [0.25, 0.3) is 0 Å². The summed E-state index contributed by atoms with van der Waals surface area (Å²) in [6.45, 7) is 9.50. The van der Waals surface area contributed by atoms with Gasteiger partial charge in [-0.25, -0.2) is 4.68 Å². The van der Waals surface area contributed by atoms with Crippen LogP contribution in [-0.4, -0.2) is 35.0 Å². The van der Waals surface area contributed by atoms with Crippen LogP contribution in [0.4, 0.5) is 0 Å². The SMILES string of the molecule is C=CCn1c(SCc2nnnn2CCC)nnc1-c1cccc(C)c1. The number of allylic oxidation sites excluding steroid dienone is 1. The lowest BCUT2D eigenvalue weighted by atomic mass is 10.1. The summed E-state index contributed by atoms with van der Waals surface area (Å²) in [7, 11) is 0. The first-order chi connectivity index (χ1) is 12.2. The third-order valence-electron chi connectivity index (χ3n) is 3.68. The summed E-state index contributed by atoms with van der Waals surface area (Å²) >= 11 is 1.58. The Bertz CT molecular complexity index is 852. The number of nitrogens with zero attached hydrogens (tertiary/aromatic N) is 7. The Balaban J connectivity index is 1.84. The average molecular weight is 355 g/mol. The van der Waals surface area contributed by atoms with E-state index in [9.17, 15) is 0 Å². The number of aromatic nitrogens is 7. The monoisotopic (exact) mass is 355 g/mol. The molecule has 0 radical (unpaired) electrons. The fraction of sp³-hybridized carbons (Fsp3) is 0.353. The number of aryl methyl sites for hydroxylation is 2. The molecule has 0 spiro atoms. The molecule has 3 aromatic rings. The molecule has 8 heteroatoms. The Morgan fingerprint density at radius 3 is 2.88 bits per heavy atom. The van der Waals surface area contributed by atoms with Crippen molar-refractivity contribution in [2.45, 2.75) is 44.3 Å². The molecule has 0 aliphatic carbocycles. The molecule has 0 saturated heterocycles. The number of thioether (sulfide) groups is 1. The Hall–Kier alpha value is -2.48. The summed E-state index contributed by atoms with van der Waals surface area (Å²) in [6, 6.07) is 8.26. The summed E-state index contributed by atoms with van der Waals surface area (Å²) < 4.78 is 3.91. The molecule has 0 saturated carbocycles. The Morgan fingerprint density at radius 1 is 1.24 bits per heavy atom. The lowest BCUT2D eigenvalue weighted by Gasteiger charge is -2.08. The first-order valence-electron chi connectivity index (χ1n) is 8.22. The zero-order valence-corrected chi connectivity index (χ0v) is 15.3. The van der Waals surface area contributed by atoms with E-state index < -0.39 is 0 Å². The molecular formula is C17H21N7S. The van der Waals surface area contributed by atoms with Crippen LogP contribution < -0.4 is 0 Å². The van der Waals surface area contributed by atoms with Crippen molar-refractivity contribution < 1.29 is 0 Å². The second-order valence-electron chi connectivity index (χ2n) is 5.68. The Morgan fingerprint density at radius 2 is 2.12 bits per heavy atom. The van der Waals surface area contributed by atoms with E-state index in [4.69, 9.17) is 0 Å². The van der Waals surface area contributed by atoms with E-state index in [2.05, 4.69) is 62.8 Å². The van der Waals surface area contributed by atoms with Crippen LogP contribution in [0.2, 0.25) is 0 Å². The summed E-state index contributed by atoms with van der Waals surface area (Å²) in [5.74, 6) is 2.34. The summed E-state index contributed by atoms with van der Waals surface area (Å²) in [5.41, 5.74) is 2.25. The number of hydrogen-bond acceptors (Lipinski definition) is 6. The van der Waals surface area contributed by atoms with Crippen LogP contribution in [0.1, 0.15) is 24.7 Å². The molecule has 130 valence electrons. The third-order valence-corrected chi connectivity index (χ3v) is 4.64. The van der Waals surface area contributed by atoms with Crippen molar-refractivity contribution in [2.75, 3.05) is 0 Å². The fourth-order valence-electron chi connectivity index (χ4n) is 2.53. The van der Waals surface area contributed by atoms with Gasteiger partial charge in [0.2, 0.25) is 0 Å². The van der Waals surface area contributed by atoms with Crippen molar-refractivity contribution in [3.05, 3.63) is 48.3 Å². The number of rotatable bonds is 8. The summed E-state index contributed by atoms with van der Waals surface area (Å²) in [6.07, 6.45) is 2.85. The highest BCUT2D eigenvalue weighted by molar-refractivity contribution is 7.98. The van der Waals surface area contributed by atoms with Crippen LogP contribution >= 0.6 is 11.8 Å².